The number of hydrogen-bond donors (Lipinski definition) is 0. The normalized spacial score (nSPS) is 20.9. The molecular weight excluding hydrogens is 443 g/mol. The van der Waals surface area contributed by atoms with Crippen LogP contribution in [0.4, 0.5) is 4.39 Å². The van der Waals surface area contributed by atoms with E-state index in [4.69, 9.17) is 14.2 Å². The second-order valence-electron chi connectivity index (χ2n) is 8.78. The van der Waals surface area contributed by atoms with Gasteiger partial charge in [-0.1, -0.05) is 0 Å². The Labute approximate surface area is 198 Å². The van der Waals surface area contributed by atoms with Gasteiger partial charge in [0.05, 0.1) is 39.0 Å². The third-order valence-electron chi connectivity index (χ3n) is 6.14. The summed E-state index contributed by atoms with van der Waals surface area (Å²) in [4.78, 5) is 29.6. The van der Waals surface area contributed by atoms with Gasteiger partial charge in [-0.2, -0.15) is 5.10 Å². The lowest BCUT2D eigenvalue weighted by molar-refractivity contribution is -0.167. The van der Waals surface area contributed by atoms with Crippen LogP contribution >= 0.6 is 0 Å². The molecule has 4 rings (SSSR count). The molecule has 2 amide bonds. The van der Waals surface area contributed by atoms with Gasteiger partial charge in [0.25, 0.3) is 0 Å². The van der Waals surface area contributed by atoms with Crippen LogP contribution in [0.3, 0.4) is 0 Å². The summed E-state index contributed by atoms with van der Waals surface area (Å²) in [6, 6.07) is 5.70. The van der Waals surface area contributed by atoms with Crippen LogP contribution in [0.1, 0.15) is 18.4 Å². The van der Waals surface area contributed by atoms with E-state index in [2.05, 4.69) is 5.10 Å². The number of carbonyl (C=O) groups excluding carboxylic acids is 2. The van der Waals surface area contributed by atoms with Crippen LogP contribution in [0.2, 0.25) is 0 Å². The van der Waals surface area contributed by atoms with Crippen molar-refractivity contribution in [3.05, 3.63) is 48.0 Å². The number of carbonyl (C=O) groups is 2. The Bertz CT molecular complexity index is 976. The van der Waals surface area contributed by atoms with Crippen LogP contribution in [0, 0.1) is 5.82 Å². The van der Waals surface area contributed by atoms with Crippen molar-refractivity contribution in [1.82, 2.24) is 19.6 Å². The first-order valence-electron chi connectivity index (χ1n) is 11.6. The van der Waals surface area contributed by atoms with Gasteiger partial charge in [0.2, 0.25) is 11.8 Å². The van der Waals surface area contributed by atoms with Crippen LogP contribution in [0.5, 0.6) is 5.75 Å². The summed E-state index contributed by atoms with van der Waals surface area (Å²) in [5.41, 5.74) is 0.00363. The maximum atomic E-state index is 13.3. The monoisotopic (exact) mass is 474 g/mol. The third-order valence-corrected chi connectivity index (χ3v) is 6.14. The fraction of sp³-hybridized carbons (Fsp3) is 0.542. The first-order chi connectivity index (χ1) is 16.4. The van der Waals surface area contributed by atoms with E-state index in [0.29, 0.717) is 58.0 Å². The van der Waals surface area contributed by atoms with Gasteiger partial charge >= 0.3 is 0 Å². The molecule has 0 bridgehead atoms. The number of nitrogens with zero attached hydrogens (tertiary/aromatic N) is 4. The SMILES string of the molecule is Cn1cc(CCC(=O)N2CCO[C@](COc3ccc(F)cc3)(CC(=O)N3CCOCC3)C2)cn1. The van der Waals surface area contributed by atoms with Crippen molar-refractivity contribution in [2.24, 2.45) is 7.05 Å². The average molecular weight is 475 g/mol. The van der Waals surface area contributed by atoms with Crippen molar-refractivity contribution in [1.29, 1.82) is 0 Å². The second-order valence-corrected chi connectivity index (χ2v) is 8.78. The molecule has 2 saturated heterocycles. The van der Waals surface area contributed by atoms with Gasteiger partial charge in [-0.25, -0.2) is 4.39 Å². The summed E-state index contributed by atoms with van der Waals surface area (Å²) in [7, 11) is 1.84. The lowest BCUT2D eigenvalue weighted by Gasteiger charge is -2.43. The highest BCUT2D eigenvalue weighted by Crippen LogP contribution is 2.26. The molecular formula is C24H31FN4O5. The summed E-state index contributed by atoms with van der Waals surface area (Å²) < 4.78 is 32.4. The lowest BCUT2D eigenvalue weighted by Crippen LogP contribution is -2.58. The van der Waals surface area contributed by atoms with Crippen LogP contribution in [0.15, 0.2) is 36.7 Å². The predicted molar refractivity (Wildman–Crippen MR) is 121 cm³/mol. The number of morpholine rings is 2. The smallest absolute Gasteiger partial charge is 0.225 e. The molecule has 2 aliphatic rings. The summed E-state index contributed by atoms with van der Waals surface area (Å²) in [6.45, 7) is 3.15. The van der Waals surface area contributed by atoms with Gasteiger partial charge < -0.3 is 24.0 Å². The summed E-state index contributed by atoms with van der Waals surface area (Å²) in [5.74, 6) is 0.0554. The molecule has 2 fully saturated rings. The molecule has 0 radical (unpaired) electrons. The van der Waals surface area contributed by atoms with E-state index in [0.717, 1.165) is 5.56 Å². The van der Waals surface area contributed by atoms with Crippen molar-refractivity contribution >= 4 is 11.8 Å². The van der Waals surface area contributed by atoms with E-state index in [9.17, 15) is 14.0 Å². The van der Waals surface area contributed by atoms with Gasteiger partial charge in [0, 0.05) is 39.3 Å². The number of hydrogen-bond acceptors (Lipinski definition) is 6. The number of halogens is 1. The van der Waals surface area contributed by atoms with Crippen molar-refractivity contribution < 1.29 is 28.2 Å². The molecule has 184 valence electrons. The molecule has 0 N–H and O–H groups in total. The Hall–Kier alpha value is -2.98. The Morgan fingerprint density at radius 2 is 1.82 bits per heavy atom. The van der Waals surface area contributed by atoms with Crippen molar-refractivity contribution in [3.8, 4) is 5.75 Å². The Morgan fingerprint density at radius 1 is 1.09 bits per heavy atom. The van der Waals surface area contributed by atoms with Crippen molar-refractivity contribution in [2.75, 3.05) is 52.6 Å². The second kappa shape index (κ2) is 11.0. The zero-order valence-electron chi connectivity index (χ0n) is 19.5. The highest BCUT2D eigenvalue weighted by Gasteiger charge is 2.42. The number of aryl methyl sites for hydroxylation is 2. The molecule has 9 nitrogen and oxygen atoms in total. The first-order valence-corrected chi connectivity index (χ1v) is 11.6. The molecule has 1 atom stereocenters. The van der Waals surface area contributed by atoms with Crippen LogP contribution in [-0.4, -0.2) is 89.6 Å². The van der Waals surface area contributed by atoms with Gasteiger partial charge in [-0.15, -0.1) is 0 Å². The molecule has 2 aromatic rings. The number of rotatable bonds is 8. The third kappa shape index (κ3) is 6.32. The Balaban J connectivity index is 1.44. The highest BCUT2D eigenvalue weighted by molar-refractivity contribution is 5.79. The fourth-order valence-electron chi connectivity index (χ4n) is 4.26. The van der Waals surface area contributed by atoms with E-state index in [1.165, 1.54) is 24.3 Å². The minimum absolute atomic E-state index is 0.00266. The van der Waals surface area contributed by atoms with E-state index in [-0.39, 0.29) is 37.2 Å². The largest absolute Gasteiger partial charge is 0.490 e. The van der Waals surface area contributed by atoms with Gasteiger partial charge in [0.1, 0.15) is 23.8 Å². The van der Waals surface area contributed by atoms with E-state index in [1.807, 2.05) is 13.2 Å². The molecule has 1 aromatic heterocycles. The maximum absolute atomic E-state index is 13.3. The standard InChI is InChI=1S/C24H31FN4O5/c1-27-16-19(15-26-27)2-7-22(30)29-10-13-34-24(17-29,14-23(31)28-8-11-32-12-9-28)18-33-21-5-3-20(25)4-6-21/h3-6,15-16H,2,7-14,17-18H2,1H3/t24-/m1/s1. The minimum atomic E-state index is -0.994. The molecule has 1 aromatic carbocycles. The van der Waals surface area contributed by atoms with Gasteiger partial charge in [0.15, 0.2) is 0 Å². The van der Waals surface area contributed by atoms with Crippen molar-refractivity contribution in [2.45, 2.75) is 24.9 Å². The number of benzene rings is 1. The molecule has 10 heteroatoms. The fourth-order valence-corrected chi connectivity index (χ4v) is 4.26. The molecule has 0 spiro atoms. The topological polar surface area (TPSA) is 86.1 Å². The zero-order valence-corrected chi connectivity index (χ0v) is 19.5. The maximum Gasteiger partial charge on any atom is 0.225 e. The lowest BCUT2D eigenvalue weighted by atomic mass is 9.96. The molecule has 2 aliphatic heterocycles. The Morgan fingerprint density at radius 3 is 2.53 bits per heavy atom. The van der Waals surface area contributed by atoms with E-state index >= 15 is 0 Å². The van der Waals surface area contributed by atoms with E-state index in [1.54, 1.807) is 20.7 Å². The molecule has 34 heavy (non-hydrogen) atoms. The number of amides is 2. The Kier molecular flexibility index (Phi) is 7.79. The van der Waals surface area contributed by atoms with Crippen LogP contribution < -0.4 is 4.74 Å². The van der Waals surface area contributed by atoms with Crippen molar-refractivity contribution in [3.63, 3.8) is 0 Å². The number of aromatic nitrogens is 2. The average Bonchev–Trinajstić information content (AvgIpc) is 3.28. The summed E-state index contributed by atoms with van der Waals surface area (Å²) in [5, 5.41) is 4.15. The van der Waals surface area contributed by atoms with E-state index < -0.39 is 5.60 Å². The minimum Gasteiger partial charge on any atom is -0.490 e. The molecule has 3 heterocycles. The van der Waals surface area contributed by atoms with Crippen LogP contribution in [0.25, 0.3) is 0 Å². The first kappa shape index (κ1) is 24.2. The zero-order chi connectivity index (χ0) is 24.0. The molecule has 0 aliphatic carbocycles. The summed E-state index contributed by atoms with van der Waals surface area (Å²) >= 11 is 0. The van der Waals surface area contributed by atoms with Gasteiger partial charge in [-0.3, -0.25) is 14.3 Å². The summed E-state index contributed by atoms with van der Waals surface area (Å²) in [6.07, 6.45) is 4.68. The molecule has 0 saturated carbocycles. The molecule has 0 unspecified atom stereocenters. The quantitative estimate of drug-likeness (QED) is 0.575. The number of ether oxygens (including phenoxy) is 3. The predicted octanol–water partition coefficient (Wildman–Crippen LogP) is 1.42. The van der Waals surface area contributed by atoms with Crippen LogP contribution in [-0.2, 0) is 32.5 Å². The highest BCUT2D eigenvalue weighted by atomic mass is 19.1. The van der Waals surface area contributed by atoms with Gasteiger partial charge in [-0.05, 0) is 36.2 Å².